The van der Waals surface area contributed by atoms with Gasteiger partial charge in [0.1, 0.15) is 17.6 Å². The third-order valence-corrected chi connectivity index (χ3v) is 5.00. The SMILES string of the molecule is CCNC(=NCC(O)c1cc(OC)ccc1OC)NC(C)C(C)c1ccccc1. The Morgan fingerprint density at radius 3 is 2.41 bits per heavy atom. The van der Waals surface area contributed by atoms with Gasteiger partial charge in [-0.25, -0.2) is 0 Å². The normalized spacial score (nSPS) is 14.6. The Hall–Kier alpha value is -2.73. The second-order valence-corrected chi connectivity index (χ2v) is 6.98. The number of nitrogens with zero attached hydrogens (tertiary/aromatic N) is 1. The second kappa shape index (κ2) is 11.3. The zero-order chi connectivity index (χ0) is 21.2. The van der Waals surface area contributed by atoms with E-state index in [1.807, 2.05) is 13.0 Å². The molecule has 0 aromatic heterocycles. The predicted octanol–water partition coefficient (Wildman–Crippen LogP) is 3.48. The highest BCUT2D eigenvalue weighted by Crippen LogP contribution is 2.29. The van der Waals surface area contributed by atoms with Crippen LogP contribution in [-0.4, -0.2) is 44.4 Å². The lowest BCUT2D eigenvalue weighted by molar-refractivity contribution is 0.182. The molecule has 0 heterocycles. The van der Waals surface area contributed by atoms with Crippen LogP contribution in [0.3, 0.4) is 0 Å². The van der Waals surface area contributed by atoms with Crippen molar-refractivity contribution in [3.8, 4) is 11.5 Å². The molecule has 0 radical (unpaired) electrons. The van der Waals surface area contributed by atoms with Crippen LogP contribution < -0.4 is 20.1 Å². The van der Waals surface area contributed by atoms with Gasteiger partial charge >= 0.3 is 0 Å². The second-order valence-electron chi connectivity index (χ2n) is 6.98. The Kier molecular flexibility index (Phi) is 8.80. The lowest BCUT2D eigenvalue weighted by atomic mass is 9.94. The van der Waals surface area contributed by atoms with Gasteiger partial charge in [0.2, 0.25) is 0 Å². The summed E-state index contributed by atoms with van der Waals surface area (Å²) >= 11 is 0. The molecule has 3 N–H and O–H groups in total. The number of methoxy groups -OCH3 is 2. The molecule has 0 fully saturated rings. The first-order chi connectivity index (χ1) is 14.0. The summed E-state index contributed by atoms with van der Waals surface area (Å²) in [7, 11) is 3.18. The van der Waals surface area contributed by atoms with Crippen molar-refractivity contribution in [2.75, 3.05) is 27.3 Å². The van der Waals surface area contributed by atoms with Gasteiger partial charge in [0.05, 0.1) is 20.8 Å². The number of hydrogen-bond acceptors (Lipinski definition) is 4. The van der Waals surface area contributed by atoms with Crippen LogP contribution in [0.5, 0.6) is 11.5 Å². The highest BCUT2D eigenvalue weighted by Gasteiger charge is 2.17. The Balaban J connectivity index is 2.10. The van der Waals surface area contributed by atoms with Gasteiger partial charge in [-0.15, -0.1) is 0 Å². The Labute approximate surface area is 174 Å². The molecule has 2 rings (SSSR count). The Bertz CT molecular complexity index is 780. The third-order valence-electron chi connectivity index (χ3n) is 5.00. The minimum absolute atomic E-state index is 0.165. The van der Waals surface area contributed by atoms with Crippen LogP contribution in [0.25, 0.3) is 0 Å². The topological polar surface area (TPSA) is 75.1 Å². The molecule has 0 aliphatic rings. The quantitative estimate of drug-likeness (QED) is 0.445. The number of nitrogens with one attached hydrogen (secondary N) is 2. The smallest absolute Gasteiger partial charge is 0.191 e. The molecule has 0 saturated heterocycles. The van der Waals surface area contributed by atoms with E-state index < -0.39 is 6.10 Å². The molecule has 0 aliphatic carbocycles. The van der Waals surface area contributed by atoms with E-state index in [0.29, 0.717) is 28.9 Å². The zero-order valence-electron chi connectivity index (χ0n) is 18.0. The van der Waals surface area contributed by atoms with Crippen LogP contribution in [0.4, 0.5) is 0 Å². The number of rotatable bonds is 9. The third kappa shape index (κ3) is 6.39. The fourth-order valence-corrected chi connectivity index (χ4v) is 3.08. The molecule has 3 unspecified atom stereocenters. The maximum atomic E-state index is 10.7. The van der Waals surface area contributed by atoms with Crippen molar-refractivity contribution in [3.63, 3.8) is 0 Å². The average molecular weight is 400 g/mol. The van der Waals surface area contributed by atoms with Crippen molar-refractivity contribution in [1.82, 2.24) is 10.6 Å². The molecule has 158 valence electrons. The summed E-state index contributed by atoms with van der Waals surface area (Å²) in [5.41, 5.74) is 1.92. The molecular formula is C23H33N3O3. The lowest BCUT2D eigenvalue weighted by Gasteiger charge is -2.24. The fourth-order valence-electron chi connectivity index (χ4n) is 3.08. The highest BCUT2D eigenvalue weighted by atomic mass is 16.5. The number of benzene rings is 2. The van der Waals surface area contributed by atoms with E-state index in [4.69, 9.17) is 9.47 Å². The summed E-state index contributed by atoms with van der Waals surface area (Å²) < 4.78 is 10.6. The minimum Gasteiger partial charge on any atom is -0.497 e. The van der Waals surface area contributed by atoms with Crippen LogP contribution in [0.2, 0.25) is 0 Å². The average Bonchev–Trinajstić information content (AvgIpc) is 2.76. The van der Waals surface area contributed by atoms with Gasteiger partial charge in [0.15, 0.2) is 5.96 Å². The van der Waals surface area contributed by atoms with Gasteiger partial charge in [-0.1, -0.05) is 37.3 Å². The molecule has 0 amide bonds. The minimum atomic E-state index is -0.808. The zero-order valence-corrected chi connectivity index (χ0v) is 18.0. The number of ether oxygens (including phenoxy) is 2. The molecule has 0 bridgehead atoms. The lowest BCUT2D eigenvalue weighted by Crippen LogP contribution is -2.44. The maximum Gasteiger partial charge on any atom is 0.191 e. The molecule has 6 nitrogen and oxygen atoms in total. The molecule has 2 aromatic rings. The van der Waals surface area contributed by atoms with E-state index in [0.717, 1.165) is 6.54 Å². The largest absolute Gasteiger partial charge is 0.497 e. The number of guanidine groups is 1. The van der Waals surface area contributed by atoms with Crippen LogP contribution >= 0.6 is 0 Å². The van der Waals surface area contributed by atoms with Gasteiger partial charge in [-0.2, -0.15) is 0 Å². The number of hydrogen-bond donors (Lipinski definition) is 3. The van der Waals surface area contributed by atoms with Crippen molar-refractivity contribution >= 4 is 5.96 Å². The molecular weight excluding hydrogens is 366 g/mol. The van der Waals surface area contributed by atoms with Crippen molar-refractivity contribution in [2.45, 2.75) is 38.8 Å². The first-order valence-electron chi connectivity index (χ1n) is 9.99. The summed E-state index contributed by atoms with van der Waals surface area (Å²) in [5.74, 6) is 2.25. The van der Waals surface area contributed by atoms with Gasteiger partial charge < -0.3 is 25.2 Å². The van der Waals surface area contributed by atoms with Crippen molar-refractivity contribution in [3.05, 3.63) is 59.7 Å². The molecule has 0 spiro atoms. The Morgan fingerprint density at radius 2 is 1.79 bits per heavy atom. The van der Waals surface area contributed by atoms with Crippen LogP contribution in [0, 0.1) is 0 Å². The monoisotopic (exact) mass is 399 g/mol. The summed E-state index contributed by atoms with van der Waals surface area (Å²) in [6.07, 6.45) is -0.808. The van der Waals surface area contributed by atoms with Crippen molar-refractivity contribution < 1.29 is 14.6 Å². The van der Waals surface area contributed by atoms with Gasteiger partial charge in [-0.3, -0.25) is 4.99 Å². The van der Waals surface area contributed by atoms with Gasteiger partial charge in [-0.05, 0) is 37.6 Å². The van der Waals surface area contributed by atoms with Crippen LogP contribution in [0.1, 0.15) is 43.9 Å². The van der Waals surface area contributed by atoms with Gasteiger partial charge in [0, 0.05) is 24.1 Å². The first-order valence-corrected chi connectivity index (χ1v) is 9.99. The summed E-state index contributed by atoms with van der Waals surface area (Å²) in [5, 5.41) is 17.4. The van der Waals surface area contributed by atoms with Crippen molar-refractivity contribution in [2.24, 2.45) is 4.99 Å². The van der Waals surface area contributed by atoms with E-state index in [2.05, 4.69) is 53.7 Å². The molecule has 6 heteroatoms. The van der Waals surface area contributed by atoms with E-state index in [1.165, 1.54) is 5.56 Å². The van der Waals surface area contributed by atoms with Gasteiger partial charge in [0.25, 0.3) is 0 Å². The number of aliphatic hydroxyl groups excluding tert-OH is 1. The van der Waals surface area contributed by atoms with Crippen molar-refractivity contribution in [1.29, 1.82) is 0 Å². The molecule has 3 atom stereocenters. The maximum absolute atomic E-state index is 10.7. The number of aliphatic imine (C=N–C) groups is 1. The van der Waals surface area contributed by atoms with E-state index in [9.17, 15) is 5.11 Å². The van der Waals surface area contributed by atoms with E-state index in [-0.39, 0.29) is 12.6 Å². The molecule has 0 saturated carbocycles. The predicted molar refractivity (Wildman–Crippen MR) is 118 cm³/mol. The molecule has 2 aromatic carbocycles. The molecule has 0 aliphatic heterocycles. The van der Waals surface area contributed by atoms with Crippen LogP contribution in [0.15, 0.2) is 53.5 Å². The summed E-state index contributed by atoms with van der Waals surface area (Å²) in [4.78, 5) is 4.58. The highest BCUT2D eigenvalue weighted by molar-refractivity contribution is 5.80. The Morgan fingerprint density at radius 1 is 1.07 bits per heavy atom. The first kappa shape index (κ1) is 22.6. The fraction of sp³-hybridized carbons (Fsp3) is 0.435. The summed E-state index contributed by atoms with van der Waals surface area (Å²) in [6.45, 7) is 7.27. The summed E-state index contributed by atoms with van der Waals surface area (Å²) in [6, 6.07) is 15.9. The van der Waals surface area contributed by atoms with Crippen LogP contribution in [-0.2, 0) is 0 Å². The van der Waals surface area contributed by atoms with E-state index in [1.54, 1.807) is 32.4 Å². The molecule has 29 heavy (non-hydrogen) atoms. The number of aliphatic hydroxyl groups is 1. The van der Waals surface area contributed by atoms with E-state index >= 15 is 0 Å². The standard InChI is InChI=1S/C23H33N3O3/c1-6-24-23(26-17(3)16(2)18-10-8-7-9-11-18)25-15-21(27)20-14-19(28-4)12-13-22(20)29-5/h7-14,16-17,21,27H,6,15H2,1-5H3,(H2,24,25,26).